The maximum atomic E-state index is 12.4. The number of anilines is 1. The zero-order chi connectivity index (χ0) is 18.5. The zero-order valence-corrected chi connectivity index (χ0v) is 14.5. The number of aromatic nitrogens is 2. The SMILES string of the molecule is CCOC(=O)c1c(-c2ccc(Cl)cc2)noc1NC(=O)c1ccccn1. The minimum absolute atomic E-state index is 0.0263. The van der Waals surface area contributed by atoms with Crippen LogP contribution in [0.15, 0.2) is 53.2 Å². The molecule has 1 N–H and O–H groups in total. The Balaban J connectivity index is 1.98. The number of ether oxygens (including phenoxy) is 1. The van der Waals surface area contributed by atoms with Crippen LogP contribution in [0.3, 0.4) is 0 Å². The fourth-order valence-electron chi connectivity index (χ4n) is 2.24. The van der Waals surface area contributed by atoms with Gasteiger partial charge in [-0.3, -0.25) is 15.1 Å². The molecule has 0 unspecified atom stereocenters. The van der Waals surface area contributed by atoms with Gasteiger partial charge in [0.05, 0.1) is 6.61 Å². The molecule has 0 aliphatic rings. The smallest absolute Gasteiger partial charge is 0.346 e. The maximum Gasteiger partial charge on any atom is 0.346 e. The Bertz CT molecular complexity index is 923. The number of amides is 1. The molecule has 0 fully saturated rings. The molecule has 0 spiro atoms. The monoisotopic (exact) mass is 371 g/mol. The van der Waals surface area contributed by atoms with E-state index >= 15 is 0 Å². The lowest BCUT2D eigenvalue weighted by Crippen LogP contribution is -2.16. The molecular formula is C18H14ClN3O4. The van der Waals surface area contributed by atoms with Crippen LogP contribution in [0.1, 0.15) is 27.8 Å². The van der Waals surface area contributed by atoms with E-state index in [1.165, 1.54) is 12.3 Å². The lowest BCUT2D eigenvalue weighted by molar-refractivity contribution is 0.0528. The molecule has 0 radical (unpaired) electrons. The first-order valence-electron chi connectivity index (χ1n) is 7.75. The van der Waals surface area contributed by atoms with Crippen molar-refractivity contribution in [3.63, 3.8) is 0 Å². The second-order valence-electron chi connectivity index (χ2n) is 5.13. The molecule has 0 saturated heterocycles. The van der Waals surface area contributed by atoms with Gasteiger partial charge in [-0.25, -0.2) is 4.79 Å². The number of rotatable bonds is 5. The van der Waals surface area contributed by atoms with Gasteiger partial charge >= 0.3 is 5.97 Å². The molecule has 0 aliphatic carbocycles. The topological polar surface area (TPSA) is 94.3 Å². The van der Waals surface area contributed by atoms with Crippen LogP contribution in [-0.4, -0.2) is 28.6 Å². The highest BCUT2D eigenvalue weighted by Gasteiger charge is 2.27. The number of pyridine rings is 1. The van der Waals surface area contributed by atoms with Crippen LogP contribution in [0.2, 0.25) is 5.02 Å². The normalized spacial score (nSPS) is 10.4. The fourth-order valence-corrected chi connectivity index (χ4v) is 2.36. The molecule has 26 heavy (non-hydrogen) atoms. The lowest BCUT2D eigenvalue weighted by Gasteiger charge is -2.05. The van der Waals surface area contributed by atoms with Gasteiger partial charge in [0.15, 0.2) is 5.56 Å². The second kappa shape index (κ2) is 7.79. The van der Waals surface area contributed by atoms with Crippen molar-refractivity contribution in [3.05, 3.63) is 64.9 Å². The van der Waals surface area contributed by atoms with Crippen molar-refractivity contribution in [2.24, 2.45) is 0 Å². The van der Waals surface area contributed by atoms with Crippen LogP contribution >= 0.6 is 11.6 Å². The summed E-state index contributed by atoms with van der Waals surface area (Å²) in [6, 6.07) is 11.6. The first-order chi connectivity index (χ1) is 12.6. The van der Waals surface area contributed by atoms with Crippen LogP contribution in [0, 0.1) is 0 Å². The van der Waals surface area contributed by atoms with Crippen molar-refractivity contribution in [1.29, 1.82) is 0 Å². The number of hydrogen-bond donors (Lipinski definition) is 1. The Morgan fingerprint density at radius 3 is 2.62 bits per heavy atom. The van der Waals surface area contributed by atoms with E-state index in [1.807, 2.05) is 0 Å². The van der Waals surface area contributed by atoms with Crippen LogP contribution in [0.25, 0.3) is 11.3 Å². The van der Waals surface area contributed by atoms with Gasteiger partial charge in [0.1, 0.15) is 11.4 Å². The van der Waals surface area contributed by atoms with Crippen molar-refractivity contribution in [3.8, 4) is 11.3 Å². The predicted octanol–water partition coefficient (Wildman–Crippen LogP) is 3.82. The summed E-state index contributed by atoms with van der Waals surface area (Å²) in [6.45, 7) is 1.84. The van der Waals surface area contributed by atoms with E-state index in [0.717, 1.165) is 0 Å². The third-order valence-electron chi connectivity index (χ3n) is 3.41. The molecule has 3 aromatic rings. The summed E-state index contributed by atoms with van der Waals surface area (Å²) < 4.78 is 10.3. The van der Waals surface area contributed by atoms with Crippen LogP contribution < -0.4 is 5.32 Å². The Labute approximate surface area is 153 Å². The summed E-state index contributed by atoms with van der Waals surface area (Å²) in [5.74, 6) is -1.30. The number of benzene rings is 1. The zero-order valence-electron chi connectivity index (χ0n) is 13.7. The molecule has 2 aromatic heterocycles. The minimum Gasteiger partial charge on any atom is -0.462 e. The highest BCUT2D eigenvalue weighted by Crippen LogP contribution is 2.30. The molecule has 7 nitrogen and oxygen atoms in total. The quantitative estimate of drug-likeness (QED) is 0.685. The molecule has 132 valence electrons. The average Bonchev–Trinajstić information content (AvgIpc) is 3.07. The lowest BCUT2D eigenvalue weighted by atomic mass is 10.1. The standard InChI is InChI=1S/C18H14ClN3O4/c1-2-25-18(24)14-15(11-6-8-12(19)9-7-11)22-26-17(14)21-16(23)13-5-3-4-10-20-13/h3-10H,2H2,1H3,(H,21,23). The largest absolute Gasteiger partial charge is 0.462 e. The minimum atomic E-state index is -0.657. The molecule has 1 aromatic carbocycles. The van der Waals surface area contributed by atoms with Gasteiger partial charge in [-0.05, 0) is 31.2 Å². The van der Waals surface area contributed by atoms with E-state index in [2.05, 4.69) is 15.5 Å². The summed E-state index contributed by atoms with van der Waals surface area (Å²) in [5, 5.41) is 6.96. The van der Waals surface area contributed by atoms with Gasteiger partial charge < -0.3 is 9.26 Å². The van der Waals surface area contributed by atoms with Gasteiger partial charge in [-0.1, -0.05) is 35.0 Å². The van der Waals surface area contributed by atoms with E-state index < -0.39 is 11.9 Å². The molecule has 0 aliphatic heterocycles. The van der Waals surface area contributed by atoms with Crippen LogP contribution in [0.4, 0.5) is 5.88 Å². The van der Waals surface area contributed by atoms with Crippen molar-refractivity contribution >= 4 is 29.4 Å². The predicted molar refractivity (Wildman–Crippen MR) is 95.1 cm³/mol. The van der Waals surface area contributed by atoms with E-state index in [4.69, 9.17) is 20.9 Å². The Hall–Kier alpha value is -3.19. The fraction of sp³-hybridized carbons (Fsp3) is 0.111. The van der Waals surface area contributed by atoms with Crippen molar-refractivity contribution in [2.75, 3.05) is 11.9 Å². The molecule has 3 rings (SSSR count). The summed E-state index contributed by atoms with van der Waals surface area (Å²) in [7, 11) is 0. The third kappa shape index (κ3) is 3.73. The Morgan fingerprint density at radius 1 is 1.19 bits per heavy atom. The maximum absolute atomic E-state index is 12.4. The van der Waals surface area contributed by atoms with Crippen molar-refractivity contribution in [2.45, 2.75) is 6.92 Å². The number of hydrogen-bond acceptors (Lipinski definition) is 6. The Kier molecular flexibility index (Phi) is 5.28. The highest BCUT2D eigenvalue weighted by molar-refractivity contribution is 6.30. The molecular weight excluding hydrogens is 358 g/mol. The third-order valence-corrected chi connectivity index (χ3v) is 3.67. The van der Waals surface area contributed by atoms with Crippen LogP contribution in [0.5, 0.6) is 0 Å². The number of nitrogens with one attached hydrogen (secondary N) is 1. The summed E-state index contributed by atoms with van der Waals surface area (Å²) in [6.07, 6.45) is 1.49. The van der Waals surface area contributed by atoms with Gasteiger partial charge in [0.25, 0.3) is 5.91 Å². The average molecular weight is 372 g/mol. The van der Waals surface area contributed by atoms with Crippen molar-refractivity contribution < 1.29 is 18.8 Å². The van der Waals surface area contributed by atoms with Gasteiger partial charge in [-0.2, -0.15) is 0 Å². The second-order valence-corrected chi connectivity index (χ2v) is 5.57. The van der Waals surface area contributed by atoms with E-state index in [0.29, 0.717) is 10.6 Å². The Morgan fingerprint density at radius 2 is 1.96 bits per heavy atom. The first-order valence-corrected chi connectivity index (χ1v) is 8.13. The van der Waals surface area contributed by atoms with Gasteiger partial charge in [-0.15, -0.1) is 0 Å². The van der Waals surface area contributed by atoms with Gasteiger partial charge in [0.2, 0.25) is 5.88 Å². The molecule has 0 atom stereocenters. The first kappa shape index (κ1) is 17.6. The van der Waals surface area contributed by atoms with Gasteiger partial charge in [0, 0.05) is 16.8 Å². The number of carbonyl (C=O) groups is 2. The molecule has 0 saturated carbocycles. The highest BCUT2D eigenvalue weighted by atomic mass is 35.5. The number of carbonyl (C=O) groups excluding carboxylic acids is 2. The summed E-state index contributed by atoms with van der Waals surface area (Å²) in [5.41, 5.74) is 1.04. The molecule has 0 bridgehead atoms. The summed E-state index contributed by atoms with van der Waals surface area (Å²) in [4.78, 5) is 28.7. The molecule has 8 heteroatoms. The molecule has 1 amide bonds. The molecule has 2 heterocycles. The van der Waals surface area contributed by atoms with E-state index in [-0.39, 0.29) is 29.4 Å². The van der Waals surface area contributed by atoms with E-state index in [1.54, 1.807) is 43.3 Å². The summed E-state index contributed by atoms with van der Waals surface area (Å²) >= 11 is 5.89. The van der Waals surface area contributed by atoms with E-state index in [9.17, 15) is 9.59 Å². The number of nitrogens with zero attached hydrogens (tertiary/aromatic N) is 2. The number of halogens is 1. The van der Waals surface area contributed by atoms with Crippen molar-refractivity contribution in [1.82, 2.24) is 10.1 Å². The van der Waals surface area contributed by atoms with Crippen LogP contribution in [-0.2, 0) is 4.74 Å². The number of esters is 1.